The summed E-state index contributed by atoms with van der Waals surface area (Å²) >= 11 is 12.3. The number of benzene rings is 1. The number of hydrogen-bond acceptors (Lipinski definition) is 4. The molecule has 0 fully saturated rings. The first-order valence-corrected chi connectivity index (χ1v) is 6.56. The fraction of sp³-hybridized carbons (Fsp3) is 0.273. The molecule has 2 N–H and O–H groups in total. The van der Waals surface area contributed by atoms with E-state index < -0.39 is 0 Å². The minimum Gasteiger partial charge on any atom is -0.469 e. The average molecular weight is 290 g/mol. The third kappa shape index (κ3) is 4.93. The highest BCUT2D eigenvalue weighted by Crippen LogP contribution is 2.28. The molecular formula is C11H12ClNO2S2. The second-order valence-electron chi connectivity index (χ2n) is 3.27. The van der Waals surface area contributed by atoms with E-state index >= 15 is 0 Å². The molecule has 0 aliphatic rings. The van der Waals surface area contributed by atoms with Gasteiger partial charge in [-0.25, -0.2) is 0 Å². The van der Waals surface area contributed by atoms with Crippen LogP contribution in [0.4, 0.5) is 0 Å². The molecule has 0 heterocycles. The van der Waals surface area contributed by atoms with Gasteiger partial charge >= 0.3 is 5.97 Å². The summed E-state index contributed by atoms with van der Waals surface area (Å²) in [6.45, 7) is 0. The fourth-order valence-corrected chi connectivity index (χ4v) is 2.36. The number of thioether (sulfide) groups is 1. The van der Waals surface area contributed by atoms with Gasteiger partial charge in [-0.15, -0.1) is 11.8 Å². The Labute approximate surface area is 115 Å². The van der Waals surface area contributed by atoms with Crippen LogP contribution in [0.3, 0.4) is 0 Å². The molecule has 0 aliphatic carbocycles. The van der Waals surface area contributed by atoms with Crippen molar-refractivity contribution in [3.63, 3.8) is 0 Å². The number of nitrogens with two attached hydrogens (primary N) is 1. The summed E-state index contributed by atoms with van der Waals surface area (Å²) in [5.41, 5.74) is 6.23. The van der Waals surface area contributed by atoms with Crippen LogP contribution in [0.15, 0.2) is 23.1 Å². The Bertz CT molecular complexity index is 437. The van der Waals surface area contributed by atoms with Crippen molar-refractivity contribution in [2.75, 3.05) is 12.9 Å². The average Bonchev–Trinajstić information content (AvgIpc) is 2.27. The van der Waals surface area contributed by atoms with E-state index in [4.69, 9.17) is 29.6 Å². The molecule has 0 aromatic heterocycles. The lowest BCUT2D eigenvalue weighted by Crippen LogP contribution is -2.10. The second kappa shape index (κ2) is 6.83. The normalized spacial score (nSPS) is 10.0. The number of ether oxygens (including phenoxy) is 1. The van der Waals surface area contributed by atoms with E-state index in [1.165, 1.54) is 18.9 Å². The Hall–Kier alpha value is -0.780. The van der Waals surface area contributed by atoms with Crippen molar-refractivity contribution in [3.8, 4) is 0 Å². The van der Waals surface area contributed by atoms with E-state index in [0.29, 0.717) is 15.8 Å². The van der Waals surface area contributed by atoms with Crippen molar-refractivity contribution >= 4 is 46.5 Å². The van der Waals surface area contributed by atoms with Crippen molar-refractivity contribution < 1.29 is 9.53 Å². The number of carbonyl (C=O) groups is 1. The molecule has 92 valence electrons. The van der Waals surface area contributed by atoms with Gasteiger partial charge in [0, 0.05) is 10.6 Å². The van der Waals surface area contributed by atoms with Gasteiger partial charge in [-0.1, -0.05) is 29.9 Å². The zero-order chi connectivity index (χ0) is 12.8. The van der Waals surface area contributed by atoms with Crippen LogP contribution in [0.1, 0.15) is 5.56 Å². The summed E-state index contributed by atoms with van der Waals surface area (Å²) < 4.78 is 4.58. The molecule has 0 unspecified atom stereocenters. The van der Waals surface area contributed by atoms with E-state index in [-0.39, 0.29) is 12.4 Å². The van der Waals surface area contributed by atoms with Crippen LogP contribution in [0.5, 0.6) is 0 Å². The number of methoxy groups -OCH3 is 1. The molecule has 0 bridgehead atoms. The van der Waals surface area contributed by atoms with Crippen LogP contribution < -0.4 is 5.73 Å². The van der Waals surface area contributed by atoms with E-state index in [1.807, 2.05) is 12.1 Å². The SMILES string of the molecule is COC(=O)Cc1ccc(SCC(N)=S)c(Cl)c1. The van der Waals surface area contributed by atoms with Crippen molar-refractivity contribution in [3.05, 3.63) is 28.8 Å². The van der Waals surface area contributed by atoms with Crippen LogP contribution >= 0.6 is 35.6 Å². The molecule has 0 spiro atoms. The van der Waals surface area contributed by atoms with Crippen LogP contribution in [-0.4, -0.2) is 23.8 Å². The monoisotopic (exact) mass is 289 g/mol. The third-order valence-electron chi connectivity index (χ3n) is 1.94. The van der Waals surface area contributed by atoms with Crippen molar-refractivity contribution in [2.24, 2.45) is 5.73 Å². The lowest BCUT2D eigenvalue weighted by Gasteiger charge is -2.06. The van der Waals surface area contributed by atoms with Crippen LogP contribution in [0.25, 0.3) is 0 Å². The molecule has 1 rings (SSSR count). The summed E-state index contributed by atoms with van der Waals surface area (Å²) in [4.78, 5) is 12.4. The molecule has 0 atom stereocenters. The summed E-state index contributed by atoms with van der Waals surface area (Å²) in [7, 11) is 1.36. The maximum absolute atomic E-state index is 11.1. The van der Waals surface area contributed by atoms with Crippen molar-refractivity contribution in [1.29, 1.82) is 0 Å². The third-order valence-corrected chi connectivity index (χ3v) is 3.82. The van der Waals surface area contributed by atoms with Gasteiger partial charge < -0.3 is 10.5 Å². The predicted molar refractivity (Wildman–Crippen MR) is 74.7 cm³/mol. The first-order chi connectivity index (χ1) is 8.02. The zero-order valence-corrected chi connectivity index (χ0v) is 11.6. The standard InChI is InChI=1S/C11H12ClNO2S2/c1-15-11(14)5-7-2-3-9(8(12)4-7)17-6-10(13)16/h2-4H,5-6H2,1H3,(H2,13,16). The first-order valence-electron chi connectivity index (χ1n) is 4.79. The molecular weight excluding hydrogens is 278 g/mol. The molecule has 3 nitrogen and oxygen atoms in total. The van der Waals surface area contributed by atoms with E-state index in [2.05, 4.69) is 4.74 Å². The Kier molecular flexibility index (Phi) is 5.74. The van der Waals surface area contributed by atoms with E-state index in [0.717, 1.165) is 10.5 Å². The highest BCUT2D eigenvalue weighted by atomic mass is 35.5. The summed E-state index contributed by atoms with van der Waals surface area (Å²) in [6, 6.07) is 5.44. The predicted octanol–water partition coefficient (Wildman–Crippen LogP) is 2.43. The van der Waals surface area contributed by atoms with Gasteiger partial charge in [-0.05, 0) is 17.7 Å². The molecule has 0 saturated carbocycles. The Morgan fingerprint density at radius 2 is 2.29 bits per heavy atom. The molecule has 1 aromatic carbocycles. The maximum atomic E-state index is 11.1. The second-order valence-corrected chi connectivity index (χ2v) is 5.22. The first kappa shape index (κ1) is 14.3. The summed E-state index contributed by atoms with van der Waals surface area (Å²) in [5.74, 6) is 0.260. The largest absolute Gasteiger partial charge is 0.469 e. The summed E-state index contributed by atoms with van der Waals surface area (Å²) in [6.07, 6.45) is 0.219. The van der Waals surface area contributed by atoms with E-state index in [9.17, 15) is 4.79 Å². The minimum atomic E-state index is -0.287. The number of rotatable bonds is 5. The number of thiocarbonyl (C=S) groups is 1. The molecule has 6 heteroatoms. The van der Waals surface area contributed by atoms with Gasteiger partial charge in [0.1, 0.15) is 0 Å². The fourth-order valence-electron chi connectivity index (χ4n) is 1.16. The van der Waals surface area contributed by atoms with Gasteiger partial charge in [0.15, 0.2) is 0 Å². The van der Waals surface area contributed by atoms with E-state index in [1.54, 1.807) is 6.07 Å². The quantitative estimate of drug-likeness (QED) is 0.513. The number of carbonyl (C=O) groups excluding carboxylic acids is 1. The molecule has 0 amide bonds. The van der Waals surface area contributed by atoms with Crippen LogP contribution in [-0.2, 0) is 16.0 Å². The topological polar surface area (TPSA) is 52.3 Å². The number of hydrogen-bond donors (Lipinski definition) is 1. The van der Waals surface area contributed by atoms with Gasteiger partial charge in [0.2, 0.25) is 0 Å². The molecule has 17 heavy (non-hydrogen) atoms. The molecule has 0 aliphatic heterocycles. The molecule has 0 radical (unpaired) electrons. The number of esters is 1. The molecule has 0 saturated heterocycles. The number of halogens is 1. The highest BCUT2D eigenvalue weighted by Gasteiger charge is 2.07. The lowest BCUT2D eigenvalue weighted by atomic mass is 10.1. The maximum Gasteiger partial charge on any atom is 0.309 e. The highest BCUT2D eigenvalue weighted by molar-refractivity contribution is 8.01. The van der Waals surface area contributed by atoms with Crippen molar-refractivity contribution in [1.82, 2.24) is 0 Å². The Morgan fingerprint density at radius 1 is 1.59 bits per heavy atom. The smallest absolute Gasteiger partial charge is 0.309 e. The minimum absolute atomic E-state index is 0.219. The van der Waals surface area contributed by atoms with Gasteiger partial charge in [0.25, 0.3) is 0 Å². The lowest BCUT2D eigenvalue weighted by molar-refractivity contribution is -0.139. The van der Waals surface area contributed by atoms with Crippen LogP contribution in [0, 0.1) is 0 Å². The van der Waals surface area contributed by atoms with Crippen LogP contribution in [0.2, 0.25) is 5.02 Å². The van der Waals surface area contributed by atoms with Crippen molar-refractivity contribution in [2.45, 2.75) is 11.3 Å². The molecule has 1 aromatic rings. The van der Waals surface area contributed by atoms with Gasteiger partial charge in [-0.2, -0.15) is 0 Å². The Morgan fingerprint density at radius 3 is 2.82 bits per heavy atom. The van der Waals surface area contributed by atoms with Gasteiger partial charge in [-0.3, -0.25) is 4.79 Å². The van der Waals surface area contributed by atoms with Gasteiger partial charge in [0.05, 0.1) is 23.5 Å². The summed E-state index contributed by atoms with van der Waals surface area (Å²) in [5, 5.41) is 0.590. The zero-order valence-electron chi connectivity index (χ0n) is 9.23. The Balaban J connectivity index is 2.72.